The lowest BCUT2D eigenvalue weighted by Crippen LogP contribution is -2.09. The first-order valence-corrected chi connectivity index (χ1v) is 9.22. The predicted octanol–water partition coefficient (Wildman–Crippen LogP) is 6.04. The zero-order chi connectivity index (χ0) is 18.5. The lowest BCUT2D eigenvalue weighted by atomic mass is 9.92. The van der Waals surface area contributed by atoms with Gasteiger partial charge in [0, 0.05) is 5.92 Å². The van der Waals surface area contributed by atoms with Gasteiger partial charge in [-0.2, -0.15) is 5.10 Å². The van der Waals surface area contributed by atoms with Crippen LogP contribution in [-0.2, 0) is 6.42 Å². The SMILES string of the molecule is CCCCc1cc(C(CC)c2cccc(F)c2)n(-c2ccc(F)cc2)n1. The number of aromatic nitrogens is 2. The van der Waals surface area contributed by atoms with E-state index in [0.29, 0.717) is 0 Å². The van der Waals surface area contributed by atoms with Gasteiger partial charge in [-0.15, -0.1) is 0 Å². The van der Waals surface area contributed by atoms with Gasteiger partial charge in [-0.05, 0) is 67.3 Å². The van der Waals surface area contributed by atoms with E-state index in [0.717, 1.165) is 48.3 Å². The lowest BCUT2D eigenvalue weighted by Gasteiger charge is -2.17. The molecule has 4 heteroatoms. The van der Waals surface area contributed by atoms with Crippen LogP contribution < -0.4 is 0 Å². The summed E-state index contributed by atoms with van der Waals surface area (Å²) in [5.74, 6) is -0.482. The summed E-state index contributed by atoms with van der Waals surface area (Å²) < 4.78 is 29.0. The molecule has 26 heavy (non-hydrogen) atoms. The van der Waals surface area contributed by atoms with Crippen molar-refractivity contribution in [1.29, 1.82) is 0 Å². The van der Waals surface area contributed by atoms with Crippen LogP contribution in [0.15, 0.2) is 54.6 Å². The van der Waals surface area contributed by atoms with Gasteiger partial charge in [0.25, 0.3) is 0 Å². The van der Waals surface area contributed by atoms with Gasteiger partial charge in [0.1, 0.15) is 11.6 Å². The Morgan fingerprint density at radius 3 is 2.38 bits per heavy atom. The second-order valence-electron chi connectivity index (χ2n) is 6.57. The first-order chi connectivity index (χ1) is 12.6. The molecule has 0 bridgehead atoms. The zero-order valence-corrected chi connectivity index (χ0v) is 15.3. The molecule has 0 amide bonds. The maximum Gasteiger partial charge on any atom is 0.123 e. The maximum absolute atomic E-state index is 13.8. The normalized spacial score (nSPS) is 12.3. The molecule has 0 saturated heterocycles. The van der Waals surface area contributed by atoms with E-state index in [1.165, 1.54) is 18.2 Å². The number of halogens is 2. The van der Waals surface area contributed by atoms with E-state index in [1.807, 2.05) is 10.7 Å². The molecule has 3 rings (SSSR count). The van der Waals surface area contributed by atoms with Gasteiger partial charge in [0.05, 0.1) is 17.1 Å². The second-order valence-corrected chi connectivity index (χ2v) is 6.57. The molecule has 0 fully saturated rings. The predicted molar refractivity (Wildman–Crippen MR) is 101 cm³/mol. The van der Waals surface area contributed by atoms with Crippen molar-refractivity contribution in [3.63, 3.8) is 0 Å². The Morgan fingerprint density at radius 2 is 1.73 bits per heavy atom. The summed E-state index contributed by atoms with van der Waals surface area (Å²) in [4.78, 5) is 0. The Hall–Kier alpha value is -2.49. The highest BCUT2D eigenvalue weighted by molar-refractivity contribution is 5.38. The number of benzene rings is 2. The summed E-state index contributed by atoms with van der Waals surface area (Å²) in [5.41, 5.74) is 3.77. The molecule has 0 radical (unpaired) electrons. The molecular weight excluding hydrogens is 330 g/mol. The third-order valence-electron chi connectivity index (χ3n) is 4.66. The molecule has 2 nitrogen and oxygen atoms in total. The Morgan fingerprint density at radius 1 is 0.962 bits per heavy atom. The minimum Gasteiger partial charge on any atom is -0.237 e. The van der Waals surface area contributed by atoms with Crippen molar-refractivity contribution >= 4 is 0 Å². The number of hydrogen-bond donors (Lipinski definition) is 0. The highest BCUT2D eigenvalue weighted by Crippen LogP contribution is 2.31. The van der Waals surface area contributed by atoms with Crippen molar-refractivity contribution in [2.45, 2.75) is 45.4 Å². The van der Waals surface area contributed by atoms with E-state index < -0.39 is 0 Å². The topological polar surface area (TPSA) is 17.8 Å². The van der Waals surface area contributed by atoms with Gasteiger partial charge in [0.15, 0.2) is 0 Å². The van der Waals surface area contributed by atoms with Crippen molar-refractivity contribution in [1.82, 2.24) is 9.78 Å². The minimum atomic E-state index is -0.272. The van der Waals surface area contributed by atoms with E-state index in [1.54, 1.807) is 24.3 Å². The fraction of sp³-hybridized carbons (Fsp3) is 0.318. The number of hydrogen-bond acceptors (Lipinski definition) is 1. The van der Waals surface area contributed by atoms with Crippen LogP contribution in [0.2, 0.25) is 0 Å². The molecule has 1 aromatic heterocycles. The van der Waals surface area contributed by atoms with Crippen LogP contribution in [0.4, 0.5) is 8.78 Å². The standard InChI is InChI=1S/C22H24F2N2/c1-3-5-9-19-15-22(21(4-2)16-7-6-8-18(24)14-16)26(25-19)20-12-10-17(23)11-13-20/h6-8,10-15,21H,3-5,9H2,1-2H3. The Balaban J connectivity index is 2.07. The summed E-state index contributed by atoms with van der Waals surface area (Å²) in [6.45, 7) is 4.24. The molecule has 3 aromatic rings. The zero-order valence-electron chi connectivity index (χ0n) is 15.3. The van der Waals surface area contributed by atoms with Crippen LogP contribution in [-0.4, -0.2) is 9.78 Å². The van der Waals surface area contributed by atoms with E-state index in [2.05, 4.69) is 19.9 Å². The van der Waals surface area contributed by atoms with Gasteiger partial charge >= 0.3 is 0 Å². The molecule has 0 spiro atoms. The van der Waals surface area contributed by atoms with Crippen molar-refractivity contribution < 1.29 is 8.78 Å². The lowest BCUT2D eigenvalue weighted by molar-refractivity contribution is 0.617. The van der Waals surface area contributed by atoms with Crippen LogP contribution in [0.1, 0.15) is 56.0 Å². The molecule has 0 aliphatic heterocycles. The summed E-state index contributed by atoms with van der Waals surface area (Å²) in [6.07, 6.45) is 3.89. The van der Waals surface area contributed by atoms with Crippen LogP contribution >= 0.6 is 0 Å². The smallest absolute Gasteiger partial charge is 0.123 e. The molecule has 0 aliphatic carbocycles. The molecule has 2 aromatic carbocycles. The molecular formula is C22H24F2N2. The van der Waals surface area contributed by atoms with E-state index in [4.69, 9.17) is 5.10 Å². The van der Waals surface area contributed by atoms with Crippen LogP contribution in [0.5, 0.6) is 0 Å². The third kappa shape index (κ3) is 4.01. The summed E-state index contributed by atoms with van der Waals surface area (Å²) in [7, 11) is 0. The summed E-state index contributed by atoms with van der Waals surface area (Å²) >= 11 is 0. The maximum atomic E-state index is 13.8. The van der Waals surface area contributed by atoms with Crippen molar-refractivity contribution in [3.8, 4) is 5.69 Å². The largest absolute Gasteiger partial charge is 0.237 e. The highest BCUT2D eigenvalue weighted by atomic mass is 19.1. The molecule has 1 atom stereocenters. The summed E-state index contributed by atoms with van der Waals surface area (Å²) in [6, 6.07) is 15.2. The molecule has 1 heterocycles. The second kappa shape index (κ2) is 8.26. The number of unbranched alkanes of at least 4 members (excludes halogenated alkanes) is 1. The Kier molecular flexibility index (Phi) is 5.82. The van der Waals surface area contributed by atoms with Crippen molar-refractivity contribution in [2.75, 3.05) is 0 Å². The van der Waals surface area contributed by atoms with Gasteiger partial charge in [-0.25, -0.2) is 13.5 Å². The molecule has 136 valence electrons. The average molecular weight is 354 g/mol. The Labute approximate surface area is 153 Å². The quantitative estimate of drug-likeness (QED) is 0.506. The number of nitrogens with zero attached hydrogens (tertiary/aromatic N) is 2. The first kappa shape index (κ1) is 18.3. The fourth-order valence-corrected chi connectivity index (χ4v) is 3.30. The molecule has 1 unspecified atom stereocenters. The number of aryl methyl sites for hydroxylation is 1. The third-order valence-corrected chi connectivity index (χ3v) is 4.66. The van der Waals surface area contributed by atoms with E-state index in [9.17, 15) is 8.78 Å². The Bertz CT molecular complexity index is 853. The van der Waals surface area contributed by atoms with Crippen LogP contribution in [0.25, 0.3) is 5.69 Å². The highest BCUT2D eigenvalue weighted by Gasteiger charge is 2.20. The van der Waals surface area contributed by atoms with Crippen molar-refractivity contribution in [3.05, 3.63) is 83.2 Å². The average Bonchev–Trinajstić information content (AvgIpc) is 3.05. The van der Waals surface area contributed by atoms with Crippen LogP contribution in [0, 0.1) is 11.6 Å². The van der Waals surface area contributed by atoms with E-state index in [-0.39, 0.29) is 17.6 Å². The fourth-order valence-electron chi connectivity index (χ4n) is 3.30. The molecule has 0 aliphatic rings. The van der Waals surface area contributed by atoms with Gasteiger partial charge in [-0.1, -0.05) is 32.4 Å². The van der Waals surface area contributed by atoms with Crippen molar-refractivity contribution in [2.24, 2.45) is 0 Å². The molecule has 0 N–H and O–H groups in total. The van der Waals surface area contributed by atoms with Gasteiger partial charge in [0.2, 0.25) is 0 Å². The van der Waals surface area contributed by atoms with Gasteiger partial charge in [-0.3, -0.25) is 0 Å². The monoisotopic (exact) mass is 354 g/mol. The van der Waals surface area contributed by atoms with E-state index >= 15 is 0 Å². The number of rotatable bonds is 7. The van der Waals surface area contributed by atoms with Gasteiger partial charge < -0.3 is 0 Å². The molecule has 0 saturated carbocycles. The summed E-state index contributed by atoms with van der Waals surface area (Å²) in [5, 5.41) is 4.76. The van der Waals surface area contributed by atoms with Crippen LogP contribution in [0.3, 0.4) is 0 Å². The first-order valence-electron chi connectivity index (χ1n) is 9.22. The minimum absolute atomic E-state index is 0.0265.